The second kappa shape index (κ2) is 8.56. The van der Waals surface area contributed by atoms with Crippen molar-refractivity contribution in [2.75, 3.05) is 24.2 Å². The lowest BCUT2D eigenvalue weighted by atomic mass is 10.3. The molecule has 1 saturated heterocycles. The fourth-order valence-corrected chi connectivity index (χ4v) is 3.84. The van der Waals surface area contributed by atoms with E-state index in [1.54, 1.807) is 11.8 Å². The number of thiocarbonyl (C=S) groups is 1. The molecule has 0 radical (unpaired) electrons. The molecule has 2 aromatic rings. The Bertz CT molecular complexity index is 780. The topological polar surface area (TPSA) is 36.9 Å². The van der Waals surface area contributed by atoms with E-state index in [9.17, 15) is 0 Å². The van der Waals surface area contributed by atoms with Crippen LogP contribution in [0.1, 0.15) is 6.92 Å². The van der Waals surface area contributed by atoms with Crippen molar-refractivity contribution in [1.82, 2.24) is 4.90 Å². The van der Waals surface area contributed by atoms with Gasteiger partial charge in [-0.1, -0.05) is 29.4 Å². The number of benzene rings is 2. The molecule has 25 heavy (non-hydrogen) atoms. The molecule has 4 nitrogen and oxygen atoms in total. The number of anilines is 1. The zero-order valence-electron chi connectivity index (χ0n) is 13.7. The van der Waals surface area contributed by atoms with Crippen LogP contribution in [0, 0.1) is 0 Å². The first-order valence-corrected chi connectivity index (χ1v) is 9.71. The predicted octanol–water partition coefficient (Wildman–Crippen LogP) is 5.17. The number of amidine groups is 1. The highest BCUT2D eigenvalue weighted by molar-refractivity contribution is 8.14. The second-order valence-corrected chi connectivity index (χ2v) is 7.15. The fraction of sp³-hybridized carbons (Fsp3) is 0.222. The fourth-order valence-electron chi connectivity index (χ4n) is 2.33. The van der Waals surface area contributed by atoms with Gasteiger partial charge in [0, 0.05) is 23.0 Å². The van der Waals surface area contributed by atoms with Crippen LogP contribution in [0.4, 0.5) is 11.4 Å². The van der Waals surface area contributed by atoms with E-state index < -0.39 is 0 Å². The van der Waals surface area contributed by atoms with Gasteiger partial charge < -0.3 is 10.1 Å². The van der Waals surface area contributed by atoms with E-state index in [1.807, 2.05) is 60.4 Å². The van der Waals surface area contributed by atoms with Crippen LogP contribution in [0.2, 0.25) is 5.02 Å². The number of halogens is 1. The smallest absolute Gasteiger partial charge is 0.179 e. The van der Waals surface area contributed by atoms with Crippen LogP contribution in [0.25, 0.3) is 0 Å². The maximum absolute atomic E-state index is 6.02. The molecule has 0 unspecified atom stereocenters. The van der Waals surface area contributed by atoms with Crippen molar-refractivity contribution in [2.24, 2.45) is 4.99 Å². The third-order valence-corrected chi connectivity index (χ3v) is 4.98. The summed E-state index contributed by atoms with van der Waals surface area (Å²) in [6, 6.07) is 15.3. The lowest BCUT2D eigenvalue weighted by molar-refractivity contribution is 0.340. The van der Waals surface area contributed by atoms with Gasteiger partial charge in [0.2, 0.25) is 0 Å². The van der Waals surface area contributed by atoms with Gasteiger partial charge in [-0.3, -0.25) is 4.90 Å². The molecule has 0 aliphatic carbocycles. The monoisotopic (exact) mass is 391 g/mol. The normalized spacial score (nSPS) is 15.4. The van der Waals surface area contributed by atoms with E-state index in [4.69, 9.17) is 33.5 Å². The van der Waals surface area contributed by atoms with Crippen molar-refractivity contribution >= 4 is 57.2 Å². The first-order valence-electron chi connectivity index (χ1n) is 7.94. The third-order valence-electron chi connectivity index (χ3n) is 3.47. The van der Waals surface area contributed by atoms with Crippen LogP contribution in [-0.4, -0.2) is 34.1 Å². The van der Waals surface area contributed by atoms with Crippen molar-refractivity contribution in [2.45, 2.75) is 6.92 Å². The van der Waals surface area contributed by atoms with E-state index in [0.717, 1.165) is 34.6 Å². The zero-order chi connectivity index (χ0) is 17.6. The number of ether oxygens (including phenoxy) is 1. The summed E-state index contributed by atoms with van der Waals surface area (Å²) in [4.78, 5) is 6.73. The summed E-state index contributed by atoms with van der Waals surface area (Å²) in [5.74, 6) is 1.80. The minimum atomic E-state index is 0.622. The Morgan fingerprint density at radius 3 is 2.84 bits per heavy atom. The molecule has 3 rings (SSSR count). The van der Waals surface area contributed by atoms with Crippen LogP contribution in [0.5, 0.6) is 5.75 Å². The lowest BCUT2D eigenvalue weighted by Gasteiger charge is -2.20. The number of hydrogen-bond acceptors (Lipinski definition) is 4. The second-order valence-electron chi connectivity index (χ2n) is 5.26. The number of rotatable bonds is 4. The van der Waals surface area contributed by atoms with Gasteiger partial charge in [-0.25, -0.2) is 4.99 Å². The minimum Gasteiger partial charge on any atom is -0.494 e. The predicted molar refractivity (Wildman–Crippen MR) is 112 cm³/mol. The van der Waals surface area contributed by atoms with Gasteiger partial charge in [0.1, 0.15) is 5.75 Å². The Balaban J connectivity index is 1.71. The van der Waals surface area contributed by atoms with Gasteiger partial charge in [0.15, 0.2) is 10.3 Å². The molecule has 1 aliphatic rings. The molecular formula is C18H18ClN3OS2. The Kier molecular flexibility index (Phi) is 6.18. The van der Waals surface area contributed by atoms with Crippen LogP contribution < -0.4 is 10.1 Å². The first-order chi connectivity index (χ1) is 12.2. The molecule has 7 heteroatoms. The summed E-state index contributed by atoms with van der Waals surface area (Å²) in [5.41, 5.74) is 1.75. The van der Waals surface area contributed by atoms with E-state index in [-0.39, 0.29) is 0 Å². The molecule has 1 fully saturated rings. The molecule has 1 heterocycles. The molecule has 130 valence electrons. The van der Waals surface area contributed by atoms with Crippen molar-refractivity contribution in [3.05, 3.63) is 53.6 Å². The minimum absolute atomic E-state index is 0.622. The van der Waals surface area contributed by atoms with Gasteiger partial charge in [0.05, 0.1) is 12.3 Å². The van der Waals surface area contributed by atoms with Gasteiger partial charge in [-0.05, 0) is 61.6 Å². The van der Waals surface area contributed by atoms with Crippen LogP contribution in [-0.2, 0) is 0 Å². The maximum Gasteiger partial charge on any atom is 0.179 e. The molecule has 0 spiro atoms. The van der Waals surface area contributed by atoms with Crippen LogP contribution in [0.15, 0.2) is 53.5 Å². The van der Waals surface area contributed by atoms with Gasteiger partial charge >= 0.3 is 0 Å². The SMILES string of the molecule is CCOc1ccc(N=C2SCCN2C(=S)Nc2cccc(Cl)c2)cc1. The van der Waals surface area contributed by atoms with Gasteiger partial charge in [0.25, 0.3) is 0 Å². The molecule has 2 aromatic carbocycles. The van der Waals surface area contributed by atoms with Crippen LogP contribution >= 0.6 is 35.6 Å². The van der Waals surface area contributed by atoms with Gasteiger partial charge in [-0.15, -0.1) is 0 Å². The van der Waals surface area contributed by atoms with Crippen LogP contribution in [0.3, 0.4) is 0 Å². The van der Waals surface area contributed by atoms with E-state index in [0.29, 0.717) is 16.7 Å². The van der Waals surface area contributed by atoms with E-state index >= 15 is 0 Å². The maximum atomic E-state index is 6.02. The highest BCUT2D eigenvalue weighted by atomic mass is 35.5. The standard InChI is InChI=1S/C18H18ClN3OS2/c1-2-23-16-8-6-14(7-9-16)21-18-22(10-11-25-18)17(24)20-15-5-3-4-13(19)12-15/h3-9,12H,2,10-11H2,1H3,(H,20,24). The summed E-state index contributed by atoms with van der Waals surface area (Å²) in [5, 5.41) is 5.41. The summed E-state index contributed by atoms with van der Waals surface area (Å²) < 4.78 is 5.46. The summed E-state index contributed by atoms with van der Waals surface area (Å²) >= 11 is 13.3. The largest absolute Gasteiger partial charge is 0.494 e. The number of nitrogens with one attached hydrogen (secondary N) is 1. The molecule has 0 aromatic heterocycles. The Morgan fingerprint density at radius 1 is 1.32 bits per heavy atom. The highest BCUT2D eigenvalue weighted by Crippen LogP contribution is 2.25. The van der Waals surface area contributed by atoms with Crippen molar-refractivity contribution < 1.29 is 4.74 Å². The molecule has 1 N–H and O–H groups in total. The highest BCUT2D eigenvalue weighted by Gasteiger charge is 2.23. The number of nitrogens with zero attached hydrogens (tertiary/aromatic N) is 2. The van der Waals surface area contributed by atoms with E-state index in [2.05, 4.69) is 5.32 Å². The summed E-state index contributed by atoms with van der Waals surface area (Å²) in [6.45, 7) is 3.45. The molecule has 1 aliphatic heterocycles. The Labute approximate surface area is 162 Å². The summed E-state index contributed by atoms with van der Waals surface area (Å²) in [7, 11) is 0. The quantitative estimate of drug-likeness (QED) is 0.727. The zero-order valence-corrected chi connectivity index (χ0v) is 16.1. The first kappa shape index (κ1) is 18.0. The number of thioether (sulfide) groups is 1. The summed E-state index contributed by atoms with van der Waals surface area (Å²) in [6.07, 6.45) is 0. The molecule has 0 saturated carbocycles. The Hall–Kier alpha value is -1.76. The van der Waals surface area contributed by atoms with Crippen molar-refractivity contribution in [3.8, 4) is 5.75 Å². The molecular weight excluding hydrogens is 374 g/mol. The van der Waals surface area contributed by atoms with Crippen molar-refractivity contribution in [1.29, 1.82) is 0 Å². The molecule has 0 atom stereocenters. The third kappa shape index (κ3) is 4.87. The average Bonchev–Trinajstić information content (AvgIpc) is 3.05. The van der Waals surface area contributed by atoms with Crippen molar-refractivity contribution in [3.63, 3.8) is 0 Å². The lowest BCUT2D eigenvalue weighted by Crippen LogP contribution is -2.35. The number of aliphatic imine (C=N–C) groups is 1. The molecule has 0 bridgehead atoms. The van der Waals surface area contributed by atoms with Gasteiger partial charge in [-0.2, -0.15) is 0 Å². The average molecular weight is 392 g/mol. The molecule has 0 amide bonds. The number of hydrogen-bond donors (Lipinski definition) is 1. The van der Waals surface area contributed by atoms with E-state index in [1.165, 1.54) is 0 Å². The Morgan fingerprint density at radius 2 is 2.12 bits per heavy atom.